The van der Waals surface area contributed by atoms with Crippen molar-refractivity contribution in [2.45, 2.75) is 65.1 Å². The zero-order chi connectivity index (χ0) is 21.2. The van der Waals surface area contributed by atoms with Crippen LogP contribution in [0.15, 0.2) is 54.6 Å². The fourth-order valence-electron chi connectivity index (χ4n) is 3.19. The lowest BCUT2D eigenvalue weighted by Gasteiger charge is -2.31. The molecule has 0 saturated heterocycles. The highest BCUT2D eigenvalue weighted by Gasteiger charge is 2.28. The summed E-state index contributed by atoms with van der Waals surface area (Å²) in [6.07, 6.45) is 2.43. The van der Waals surface area contributed by atoms with Crippen LogP contribution in [0.2, 0.25) is 5.02 Å². The zero-order valence-electron chi connectivity index (χ0n) is 17.5. The quantitative estimate of drug-likeness (QED) is 0.595. The average Bonchev–Trinajstić information content (AvgIpc) is 2.73. The van der Waals surface area contributed by atoms with Crippen LogP contribution in [0.1, 0.15) is 51.2 Å². The summed E-state index contributed by atoms with van der Waals surface area (Å²) in [5, 5.41) is 3.68. The van der Waals surface area contributed by atoms with Gasteiger partial charge in [-0.2, -0.15) is 0 Å². The van der Waals surface area contributed by atoms with E-state index in [1.165, 1.54) is 0 Å². The molecule has 156 valence electrons. The van der Waals surface area contributed by atoms with Gasteiger partial charge in [0.1, 0.15) is 6.04 Å². The number of halogens is 1. The third-order valence-electron chi connectivity index (χ3n) is 5.12. The van der Waals surface area contributed by atoms with E-state index in [9.17, 15) is 9.59 Å². The first-order valence-corrected chi connectivity index (χ1v) is 10.7. The predicted octanol–water partition coefficient (Wildman–Crippen LogP) is 4.99. The molecule has 2 atom stereocenters. The maximum absolute atomic E-state index is 13.2. The molecule has 5 heteroatoms. The van der Waals surface area contributed by atoms with Gasteiger partial charge < -0.3 is 10.2 Å². The Morgan fingerprint density at radius 1 is 0.966 bits per heavy atom. The Hall–Kier alpha value is -2.33. The van der Waals surface area contributed by atoms with Gasteiger partial charge >= 0.3 is 0 Å². The molecule has 0 fully saturated rings. The number of aryl methyl sites for hydroxylation is 1. The minimum absolute atomic E-state index is 0.0186. The van der Waals surface area contributed by atoms with E-state index in [0.29, 0.717) is 30.8 Å². The molecule has 0 aliphatic heterocycles. The highest BCUT2D eigenvalue weighted by molar-refractivity contribution is 6.30. The Bertz CT molecular complexity index is 777. The molecule has 0 bridgehead atoms. The van der Waals surface area contributed by atoms with Crippen LogP contribution in [0.5, 0.6) is 0 Å². The fourth-order valence-corrected chi connectivity index (χ4v) is 3.31. The number of benzene rings is 2. The molecule has 0 unspecified atom stereocenters. The van der Waals surface area contributed by atoms with E-state index in [0.717, 1.165) is 17.5 Å². The molecule has 2 aromatic rings. The van der Waals surface area contributed by atoms with Gasteiger partial charge in [0.15, 0.2) is 0 Å². The van der Waals surface area contributed by atoms with E-state index in [2.05, 4.69) is 5.32 Å². The minimum Gasteiger partial charge on any atom is -0.352 e. The Morgan fingerprint density at radius 3 is 2.21 bits per heavy atom. The summed E-state index contributed by atoms with van der Waals surface area (Å²) in [5.41, 5.74) is 2.07. The molecule has 1 N–H and O–H groups in total. The lowest BCUT2D eigenvalue weighted by molar-refractivity contribution is -0.141. The molecule has 2 rings (SSSR count). The van der Waals surface area contributed by atoms with E-state index in [1.54, 1.807) is 4.90 Å². The molecule has 2 aromatic carbocycles. The van der Waals surface area contributed by atoms with Gasteiger partial charge in [-0.3, -0.25) is 9.59 Å². The molecule has 0 aliphatic carbocycles. The second-order valence-corrected chi connectivity index (χ2v) is 7.81. The molecular formula is C24H31ClN2O2. The summed E-state index contributed by atoms with van der Waals surface area (Å²) in [7, 11) is 0. The first-order chi connectivity index (χ1) is 13.9. The smallest absolute Gasteiger partial charge is 0.243 e. The molecule has 0 radical (unpaired) electrons. The summed E-state index contributed by atoms with van der Waals surface area (Å²) in [6, 6.07) is 16.9. The lowest BCUT2D eigenvalue weighted by Crippen LogP contribution is -2.50. The molecular weight excluding hydrogens is 384 g/mol. The maximum Gasteiger partial charge on any atom is 0.243 e. The molecule has 4 nitrogen and oxygen atoms in total. The van der Waals surface area contributed by atoms with Crippen LogP contribution in [0, 0.1) is 0 Å². The normalized spacial score (nSPS) is 12.8. The molecule has 0 aliphatic rings. The fraction of sp³-hybridized carbons (Fsp3) is 0.417. The Labute approximate surface area is 179 Å². The predicted molar refractivity (Wildman–Crippen MR) is 119 cm³/mol. The second kappa shape index (κ2) is 11.6. The third kappa shape index (κ3) is 7.21. The zero-order valence-corrected chi connectivity index (χ0v) is 18.3. The highest BCUT2D eigenvalue weighted by Crippen LogP contribution is 2.17. The van der Waals surface area contributed by atoms with Gasteiger partial charge in [-0.05, 0) is 49.4 Å². The lowest BCUT2D eigenvalue weighted by atomic mass is 10.1. The van der Waals surface area contributed by atoms with E-state index in [1.807, 2.05) is 75.4 Å². The Morgan fingerprint density at radius 2 is 1.62 bits per heavy atom. The summed E-state index contributed by atoms with van der Waals surface area (Å²) in [6.45, 7) is 6.34. The van der Waals surface area contributed by atoms with Crippen molar-refractivity contribution >= 4 is 23.4 Å². The first kappa shape index (κ1) is 23.0. The van der Waals surface area contributed by atoms with Gasteiger partial charge in [-0.1, -0.05) is 67.9 Å². The van der Waals surface area contributed by atoms with Crippen LogP contribution in [-0.4, -0.2) is 28.8 Å². The van der Waals surface area contributed by atoms with Crippen molar-refractivity contribution in [1.82, 2.24) is 10.2 Å². The van der Waals surface area contributed by atoms with E-state index in [-0.39, 0.29) is 17.9 Å². The van der Waals surface area contributed by atoms with Gasteiger partial charge in [0, 0.05) is 24.0 Å². The van der Waals surface area contributed by atoms with Crippen LogP contribution in [0.4, 0.5) is 0 Å². The number of rotatable bonds is 10. The second-order valence-electron chi connectivity index (χ2n) is 7.38. The molecule has 0 spiro atoms. The number of nitrogens with one attached hydrogen (secondary N) is 1. The van der Waals surface area contributed by atoms with Gasteiger partial charge in [0.2, 0.25) is 11.8 Å². The Balaban J connectivity index is 2.19. The first-order valence-electron chi connectivity index (χ1n) is 10.3. The van der Waals surface area contributed by atoms with Gasteiger partial charge in [0.25, 0.3) is 0 Å². The monoisotopic (exact) mass is 414 g/mol. The Kier molecular flexibility index (Phi) is 9.20. The largest absolute Gasteiger partial charge is 0.352 e. The topological polar surface area (TPSA) is 49.4 Å². The molecule has 0 saturated carbocycles. The van der Waals surface area contributed by atoms with Gasteiger partial charge in [-0.25, -0.2) is 0 Å². The van der Waals surface area contributed by atoms with Crippen LogP contribution >= 0.6 is 11.6 Å². The van der Waals surface area contributed by atoms with Gasteiger partial charge in [-0.15, -0.1) is 0 Å². The van der Waals surface area contributed by atoms with Crippen LogP contribution in [0.3, 0.4) is 0 Å². The molecule has 0 aromatic heterocycles. The molecule has 0 heterocycles. The van der Waals surface area contributed by atoms with E-state index in [4.69, 9.17) is 11.6 Å². The van der Waals surface area contributed by atoms with Crippen molar-refractivity contribution in [3.63, 3.8) is 0 Å². The molecule has 29 heavy (non-hydrogen) atoms. The standard InChI is InChI=1S/C24H31ClN2O2/c1-4-18(3)26-24(29)22(5-2)27(17-20-11-14-21(25)15-12-20)23(28)16-13-19-9-7-6-8-10-19/h6-12,14-15,18,22H,4-5,13,16-17H2,1-3H3,(H,26,29)/t18-,22-/m0/s1. The van der Waals surface area contributed by atoms with Crippen molar-refractivity contribution in [2.75, 3.05) is 0 Å². The van der Waals surface area contributed by atoms with Gasteiger partial charge in [0.05, 0.1) is 0 Å². The van der Waals surface area contributed by atoms with Crippen LogP contribution in [0.25, 0.3) is 0 Å². The summed E-state index contributed by atoms with van der Waals surface area (Å²) in [5.74, 6) is -0.112. The minimum atomic E-state index is -0.497. The van der Waals surface area contributed by atoms with Crippen molar-refractivity contribution in [1.29, 1.82) is 0 Å². The summed E-state index contributed by atoms with van der Waals surface area (Å²) < 4.78 is 0. The number of carbonyl (C=O) groups is 2. The van der Waals surface area contributed by atoms with Crippen molar-refractivity contribution in [2.24, 2.45) is 0 Å². The van der Waals surface area contributed by atoms with E-state index < -0.39 is 6.04 Å². The van der Waals surface area contributed by atoms with Crippen LogP contribution in [-0.2, 0) is 22.6 Å². The highest BCUT2D eigenvalue weighted by atomic mass is 35.5. The summed E-state index contributed by atoms with van der Waals surface area (Å²) in [4.78, 5) is 27.8. The SMILES string of the molecule is CC[C@H](C)NC(=O)[C@H](CC)N(Cc1ccc(Cl)cc1)C(=O)CCc1ccccc1. The van der Waals surface area contributed by atoms with Crippen LogP contribution < -0.4 is 5.32 Å². The maximum atomic E-state index is 13.2. The number of hydrogen-bond donors (Lipinski definition) is 1. The molecule has 2 amide bonds. The number of hydrogen-bond acceptors (Lipinski definition) is 2. The average molecular weight is 415 g/mol. The summed E-state index contributed by atoms with van der Waals surface area (Å²) >= 11 is 6.00. The third-order valence-corrected chi connectivity index (χ3v) is 5.38. The number of carbonyl (C=O) groups excluding carboxylic acids is 2. The van der Waals surface area contributed by atoms with E-state index >= 15 is 0 Å². The van der Waals surface area contributed by atoms with Crippen molar-refractivity contribution < 1.29 is 9.59 Å². The van der Waals surface area contributed by atoms with Crippen molar-refractivity contribution in [3.8, 4) is 0 Å². The number of nitrogens with zero attached hydrogens (tertiary/aromatic N) is 1. The van der Waals surface area contributed by atoms with Crippen molar-refractivity contribution in [3.05, 3.63) is 70.7 Å². The number of amides is 2.